The van der Waals surface area contributed by atoms with Crippen molar-refractivity contribution in [1.82, 2.24) is 14.8 Å². The van der Waals surface area contributed by atoms with Gasteiger partial charge in [-0.3, -0.25) is 9.69 Å². The number of nitrogens with one attached hydrogen (secondary N) is 1. The fraction of sp³-hybridized carbons (Fsp3) is 0.318. The van der Waals surface area contributed by atoms with Crippen LogP contribution >= 0.6 is 0 Å². The lowest BCUT2D eigenvalue weighted by molar-refractivity contribution is 0.0780. The van der Waals surface area contributed by atoms with Crippen LogP contribution in [-0.4, -0.2) is 40.8 Å². The number of para-hydroxylation sites is 1. The summed E-state index contributed by atoms with van der Waals surface area (Å²) in [5.74, 6) is 0.0241. The molecule has 1 N–H and O–H groups in total. The van der Waals surface area contributed by atoms with Gasteiger partial charge in [0, 0.05) is 37.6 Å². The van der Waals surface area contributed by atoms with Gasteiger partial charge in [-0.1, -0.05) is 43.3 Å². The number of rotatable bonds is 4. The summed E-state index contributed by atoms with van der Waals surface area (Å²) < 4.78 is 0. The Morgan fingerprint density at radius 3 is 2.81 bits per heavy atom. The summed E-state index contributed by atoms with van der Waals surface area (Å²) in [5, 5.41) is 1.07. The Hall–Kier alpha value is -2.59. The van der Waals surface area contributed by atoms with E-state index in [-0.39, 0.29) is 5.91 Å². The average Bonchev–Trinajstić information content (AvgIpc) is 3.11. The number of H-pyrrole nitrogens is 1. The molecule has 0 aliphatic carbocycles. The van der Waals surface area contributed by atoms with E-state index in [1.807, 2.05) is 37.4 Å². The minimum Gasteiger partial charge on any atom is -0.351 e. The Bertz CT molecular complexity index is 910. The summed E-state index contributed by atoms with van der Waals surface area (Å²) in [5.41, 5.74) is 5.69. The van der Waals surface area contributed by atoms with Crippen molar-refractivity contribution < 1.29 is 4.79 Å². The van der Waals surface area contributed by atoms with Crippen molar-refractivity contribution in [2.45, 2.75) is 26.4 Å². The maximum atomic E-state index is 12.8. The summed E-state index contributed by atoms with van der Waals surface area (Å²) in [4.78, 5) is 20.3. The predicted molar refractivity (Wildman–Crippen MR) is 105 cm³/mol. The van der Waals surface area contributed by atoms with E-state index >= 15 is 0 Å². The van der Waals surface area contributed by atoms with Crippen molar-refractivity contribution >= 4 is 16.8 Å². The third-order valence-electron chi connectivity index (χ3n) is 5.34. The molecule has 1 aromatic heterocycles. The number of nitrogens with zero attached hydrogens (tertiary/aromatic N) is 2. The lowest BCUT2D eigenvalue weighted by Crippen LogP contribution is -2.30. The molecule has 4 nitrogen and oxygen atoms in total. The molecular weight excluding hydrogens is 322 g/mol. The van der Waals surface area contributed by atoms with Crippen LogP contribution in [0.1, 0.15) is 34.1 Å². The van der Waals surface area contributed by atoms with E-state index < -0.39 is 0 Å². The molecule has 0 radical (unpaired) electrons. The van der Waals surface area contributed by atoms with E-state index in [0.29, 0.717) is 12.2 Å². The number of benzene rings is 2. The highest BCUT2D eigenvalue weighted by Gasteiger charge is 2.17. The number of likely N-dealkylation sites (N-methyl/N-ethyl adjacent to an activating group) is 1. The van der Waals surface area contributed by atoms with Crippen LogP contribution < -0.4 is 0 Å². The highest BCUT2D eigenvalue weighted by Crippen LogP contribution is 2.21. The van der Waals surface area contributed by atoms with Gasteiger partial charge in [-0.15, -0.1) is 0 Å². The summed E-state index contributed by atoms with van der Waals surface area (Å²) in [6.45, 7) is 6.10. The van der Waals surface area contributed by atoms with Crippen LogP contribution in [0.3, 0.4) is 0 Å². The van der Waals surface area contributed by atoms with Gasteiger partial charge in [0.1, 0.15) is 5.69 Å². The van der Waals surface area contributed by atoms with Gasteiger partial charge in [0.2, 0.25) is 0 Å². The molecule has 4 heteroatoms. The minimum absolute atomic E-state index is 0.0241. The number of hydrogen-bond donors (Lipinski definition) is 1. The number of aromatic nitrogens is 1. The molecule has 4 rings (SSSR count). The van der Waals surface area contributed by atoms with Crippen LogP contribution in [0, 0.1) is 0 Å². The van der Waals surface area contributed by atoms with Gasteiger partial charge in [-0.25, -0.2) is 0 Å². The van der Waals surface area contributed by atoms with Crippen molar-refractivity contribution in [2.75, 3.05) is 20.1 Å². The van der Waals surface area contributed by atoms with Gasteiger partial charge in [0.25, 0.3) is 5.91 Å². The monoisotopic (exact) mass is 347 g/mol. The third-order valence-corrected chi connectivity index (χ3v) is 5.34. The van der Waals surface area contributed by atoms with E-state index in [0.717, 1.165) is 37.0 Å². The molecule has 0 fully saturated rings. The van der Waals surface area contributed by atoms with Gasteiger partial charge in [0.15, 0.2) is 0 Å². The lowest BCUT2D eigenvalue weighted by Gasteiger charge is -2.28. The maximum Gasteiger partial charge on any atom is 0.270 e. The molecule has 1 aliphatic heterocycles. The second kappa shape index (κ2) is 6.96. The van der Waals surface area contributed by atoms with Crippen LogP contribution in [0.25, 0.3) is 10.9 Å². The van der Waals surface area contributed by atoms with Crippen LogP contribution in [0.2, 0.25) is 0 Å². The Balaban J connectivity index is 1.49. The van der Waals surface area contributed by atoms with Crippen molar-refractivity contribution in [1.29, 1.82) is 0 Å². The van der Waals surface area contributed by atoms with Crippen molar-refractivity contribution in [3.05, 3.63) is 70.9 Å². The first-order valence-electron chi connectivity index (χ1n) is 9.30. The SMILES string of the molecule is CCN1CCc2cc(CN(C)C(=O)c3cc4ccccc4[nH]3)ccc2C1. The van der Waals surface area contributed by atoms with Gasteiger partial charge in [-0.05, 0) is 41.8 Å². The zero-order chi connectivity index (χ0) is 18.1. The summed E-state index contributed by atoms with van der Waals surface area (Å²) in [6.07, 6.45) is 1.09. The highest BCUT2D eigenvalue weighted by molar-refractivity contribution is 5.97. The van der Waals surface area contributed by atoms with E-state index in [9.17, 15) is 4.79 Å². The molecule has 0 unspecified atom stereocenters. The summed E-state index contributed by atoms with van der Waals surface area (Å²) >= 11 is 0. The maximum absolute atomic E-state index is 12.8. The molecule has 0 atom stereocenters. The minimum atomic E-state index is 0.0241. The molecule has 0 bridgehead atoms. The first-order valence-corrected chi connectivity index (χ1v) is 9.30. The van der Waals surface area contributed by atoms with Crippen molar-refractivity contribution in [3.8, 4) is 0 Å². The quantitative estimate of drug-likeness (QED) is 0.779. The first kappa shape index (κ1) is 16.9. The van der Waals surface area contributed by atoms with Crippen LogP contribution in [-0.2, 0) is 19.5 Å². The van der Waals surface area contributed by atoms with Gasteiger partial charge in [0.05, 0.1) is 0 Å². The lowest BCUT2D eigenvalue weighted by atomic mass is 9.97. The average molecular weight is 347 g/mol. The Labute approximate surface area is 154 Å². The van der Waals surface area contributed by atoms with Crippen molar-refractivity contribution in [2.24, 2.45) is 0 Å². The van der Waals surface area contributed by atoms with Gasteiger partial charge < -0.3 is 9.88 Å². The molecule has 134 valence electrons. The number of aromatic amines is 1. The Morgan fingerprint density at radius 2 is 2.00 bits per heavy atom. The van der Waals surface area contributed by atoms with Gasteiger partial charge in [-0.2, -0.15) is 0 Å². The highest BCUT2D eigenvalue weighted by atomic mass is 16.2. The van der Waals surface area contributed by atoms with Gasteiger partial charge >= 0.3 is 0 Å². The molecule has 26 heavy (non-hydrogen) atoms. The largest absolute Gasteiger partial charge is 0.351 e. The second-order valence-corrected chi connectivity index (χ2v) is 7.15. The molecule has 3 aromatic rings. The fourth-order valence-electron chi connectivity index (χ4n) is 3.77. The molecule has 1 aliphatic rings. The second-order valence-electron chi connectivity index (χ2n) is 7.15. The van der Waals surface area contributed by atoms with Crippen LogP contribution in [0.15, 0.2) is 48.5 Å². The number of fused-ring (bicyclic) bond motifs is 2. The Morgan fingerprint density at radius 1 is 1.15 bits per heavy atom. The van der Waals surface area contributed by atoms with E-state index in [1.165, 1.54) is 16.7 Å². The zero-order valence-corrected chi connectivity index (χ0v) is 15.5. The molecule has 2 heterocycles. The van der Waals surface area contributed by atoms with E-state index in [1.54, 1.807) is 4.90 Å². The zero-order valence-electron chi connectivity index (χ0n) is 15.5. The number of carbonyl (C=O) groups excluding carboxylic acids is 1. The topological polar surface area (TPSA) is 39.3 Å². The number of hydrogen-bond acceptors (Lipinski definition) is 2. The Kier molecular flexibility index (Phi) is 4.51. The molecule has 0 saturated heterocycles. The van der Waals surface area contributed by atoms with E-state index in [2.05, 4.69) is 35.0 Å². The van der Waals surface area contributed by atoms with E-state index in [4.69, 9.17) is 0 Å². The summed E-state index contributed by atoms with van der Waals surface area (Å²) in [7, 11) is 1.87. The molecule has 0 saturated carbocycles. The molecule has 2 aromatic carbocycles. The standard InChI is InChI=1S/C22H25N3O/c1-3-25-11-10-17-12-16(8-9-19(17)15-25)14-24(2)22(26)21-13-18-6-4-5-7-20(18)23-21/h4-9,12-13,23H,3,10-11,14-15H2,1-2H3. The predicted octanol–water partition coefficient (Wildman–Crippen LogP) is 3.82. The fourth-order valence-corrected chi connectivity index (χ4v) is 3.77. The van der Waals surface area contributed by atoms with Crippen LogP contribution in [0.4, 0.5) is 0 Å². The molecule has 1 amide bonds. The smallest absolute Gasteiger partial charge is 0.270 e. The molecule has 0 spiro atoms. The first-order chi connectivity index (χ1) is 12.6. The van der Waals surface area contributed by atoms with Crippen molar-refractivity contribution in [3.63, 3.8) is 0 Å². The number of carbonyl (C=O) groups is 1. The summed E-state index contributed by atoms with van der Waals surface area (Å²) in [6, 6.07) is 16.6. The normalized spacial score (nSPS) is 14.4. The molecular formula is C22H25N3O. The third kappa shape index (κ3) is 3.25. The van der Waals surface area contributed by atoms with Crippen LogP contribution in [0.5, 0.6) is 0 Å². The number of amides is 1.